The van der Waals surface area contributed by atoms with Crippen LogP contribution in [0.4, 0.5) is 5.13 Å². The minimum Gasteiger partial charge on any atom is -0.361 e. The van der Waals surface area contributed by atoms with E-state index >= 15 is 0 Å². The summed E-state index contributed by atoms with van der Waals surface area (Å²) in [4.78, 5) is 18.0. The molecule has 0 aromatic carbocycles. The molecule has 1 fully saturated rings. The second-order valence-corrected chi connectivity index (χ2v) is 6.14. The molecule has 1 amide bonds. The quantitative estimate of drug-likeness (QED) is 0.853. The fraction of sp³-hybridized carbons (Fsp3) is 0.615. The number of amides is 1. The van der Waals surface area contributed by atoms with Crippen LogP contribution in [0.1, 0.15) is 25.0 Å². The predicted molar refractivity (Wildman–Crippen MR) is 80.0 cm³/mol. The van der Waals surface area contributed by atoms with Crippen molar-refractivity contribution in [1.82, 2.24) is 19.7 Å². The minimum atomic E-state index is 0.298. The molecule has 0 bridgehead atoms. The van der Waals surface area contributed by atoms with Crippen LogP contribution in [0.5, 0.6) is 0 Å². The Kier molecular flexibility index (Phi) is 3.60. The van der Waals surface area contributed by atoms with Gasteiger partial charge in [0.2, 0.25) is 5.91 Å². The minimum absolute atomic E-state index is 0.298. The maximum atomic E-state index is 11.5. The molecule has 6 nitrogen and oxygen atoms in total. The van der Waals surface area contributed by atoms with Crippen molar-refractivity contribution in [3.63, 3.8) is 0 Å². The SMILES string of the molecule is Cc1nn(C)c2nc(NCCCN3CCCC3=O)sc12. The summed E-state index contributed by atoms with van der Waals surface area (Å²) >= 11 is 1.64. The Bertz CT molecular complexity index is 598. The molecular weight excluding hydrogens is 274 g/mol. The summed E-state index contributed by atoms with van der Waals surface area (Å²) in [5.74, 6) is 0.298. The predicted octanol–water partition coefficient (Wildman–Crippen LogP) is 1.76. The normalized spacial score (nSPS) is 15.5. The van der Waals surface area contributed by atoms with E-state index in [4.69, 9.17) is 0 Å². The summed E-state index contributed by atoms with van der Waals surface area (Å²) in [5.41, 5.74) is 1.96. The highest BCUT2D eigenvalue weighted by molar-refractivity contribution is 7.22. The van der Waals surface area contributed by atoms with E-state index in [1.165, 1.54) is 0 Å². The van der Waals surface area contributed by atoms with E-state index in [1.54, 1.807) is 11.3 Å². The molecule has 1 saturated heterocycles. The number of nitrogens with zero attached hydrogens (tertiary/aromatic N) is 4. The van der Waals surface area contributed by atoms with Gasteiger partial charge in [-0.3, -0.25) is 4.79 Å². The van der Waals surface area contributed by atoms with E-state index < -0.39 is 0 Å². The van der Waals surface area contributed by atoms with Gasteiger partial charge in [0.15, 0.2) is 10.8 Å². The Morgan fingerprint density at radius 1 is 1.45 bits per heavy atom. The van der Waals surface area contributed by atoms with Gasteiger partial charge in [-0.1, -0.05) is 11.3 Å². The molecule has 0 radical (unpaired) electrons. The van der Waals surface area contributed by atoms with Gasteiger partial charge in [0.25, 0.3) is 0 Å². The van der Waals surface area contributed by atoms with Gasteiger partial charge >= 0.3 is 0 Å². The molecular formula is C13H19N5OS. The zero-order chi connectivity index (χ0) is 14.1. The molecule has 3 heterocycles. The Balaban J connectivity index is 1.52. The zero-order valence-corrected chi connectivity index (χ0v) is 12.7. The molecule has 20 heavy (non-hydrogen) atoms. The van der Waals surface area contributed by atoms with Crippen molar-refractivity contribution in [3.8, 4) is 0 Å². The van der Waals surface area contributed by atoms with Crippen molar-refractivity contribution < 1.29 is 4.79 Å². The Hall–Kier alpha value is -1.63. The third-order valence-corrected chi connectivity index (χ3v) is 4.71. The smallest absolute Gasteiger partial charge is 0.222 e. The van der Waals surface area contributed by atoms with Crippen LogP contribution < -0.4 is 5.32 Å². The largest absolute Gasteiger partial charge is 0.361 e. The molecule has 1 aliphatic heterocycles. The van der Waals surface area contributed by atoms with E-state index in [2.05, 4.69) is 15.4 Å². The average molecular weight is 293 g/mol. The van der Waals surface area contributed by atoms with Crippen LogP contribution in [0.15, 0.2) is 0 Å². The van der Waals surface area contributed by atoms with Gasteiger partial charge in [0.1, 0.15) is 0 Å². The summed E-state index contributed by atoms with van der Waals surface area (Å²) in [5, 5.41) is 8.62. The molecule has 0 unspecified atom stereocenters. The number of thiazole rings is 1. The molecule has 2 aromatic rings. The van der Waals surface area contributed by atoms with Crippen LogP contribution in [0.25, 0.3) is 10.3 Å². The molecule has 0 spiro atoms. The van der Waals surface area contributed by atoms with E-state index in [9.17, 15) is 4.79 Å². The number of aromatic nitrogens is 3. The molecule has 0 aliphatic carbocycles. The first-order chi connectivity index (χ1) is 9.65. The summed E-state index contributed by atoms with van der Waals surface area (Å²) in [6, 6.07) is 0. The first-order valence-electron chi connectivity index (χ1n) is 6.97. The molecule has 1 N–H and O–H groups in total. The van der Waals surface area contributed by atoms with Crippen molar-refractivity contribution in [1.29, 1.82) is 0 Å². The Morgan fingerprint density at radius 2 is 2.30 bits per heavy atom. The monoisotopic (exact) mass is 293 g/mol. The van der Waals surface area contributed by atoms with Gasteiger partial charge in [-0.2, -0.15) is 5.10 Å². The van der Waals surface area contributed by atoms with Gasteiger partial charge in [-0.05, 0) is 19.8 Å². The lowest BCUT2D eigenvalue weighted by atomic mass is 10.4. The highest BCUT2D eigenvalue weighted by Gasteiger charge is 2.19. The molecule has 108 valence electrons. The molecule has 0 saturated carbocycles. The first kappa shape index (κ1) is 13.4. The van der Waals surface area contributed by atoms with E-state index in [0.717, 1.165) is 60.1 Å². The topological polar surface area (TPSA) is 63.1 Å². The Labute approximate surface area is 121 Å². The number of anilines is 1. The van der Waals surface area contributed by atoms with Gasteiger partial charge in [-0.15, -0.1) is 0 Å². The van der Waals surface area contributed by atoms with Crippen LogP contribution in [0.2, 0.25) is 0 Å². The van der Waals surface area contributed by atoms with Gasteiger partial charge in [-0.25, -0.2) is 9.67 Å². The number of carbonyl (C=O) groups excluding carboxylic acids is 1. The number of aryl methyl sites for hydroxylation is 2. The molecule has 7 heteroatoms. The van der Waals surface area contributed by atoms with Gasteiger partial charge < -0.3 is 10.2 Å². The van der Waals surface area contributed by atoms with Gasteiger partial charge in [0, 0.05) is 33.1 Å². The van der Waals surface area contributed by atoms with Crippen LogP contribution >= 0.6 is 11.3 Å². The van der Waals surface area contributed by atoms with Crippen molar-refractivity contribution in [3.05, 3.63) is 5.69 Å². The number of hydrogen-bond acceptors (Lipinski definition) is 5. The summed E-state index contributed by atoms with van der Waals surface area (Å²) in [6.07, 6.45) is 2.69. The standard InChI is InChI=1S/C13H19N5OS/c1-9-11-12(17(2)16-9)15-13(20-11)14-6-4-8-18-7-3-5-10(18)19/h3-8H2,1-2H3,(H,14,15). The summed E-state index contributed by atoms with van der Waals surface area (Å²) in [6.45, 7) is 4.61. The fourth-order valence-corrected chi connectivity index (χ4v) is 3.52. The van der Waals surface area contributed by atoms with E-state index in [-0.39, 0.29) is 0 Å². The number of rotatable bonds is 5. The van der Waals surface area contributed by atoms with Crippen LogP contribution in [-0.2, 0) is 11.8 Å². The molecule has 2 aromatic heterocycles. The third kappa shape index (κ3) is 2.49. The number of hydrogen-bond donors (Lipinski definition) is 1. The van der Waals surface area contributed by atoms with Crippen LogP contribution in [-0.4, -0.2) is 45.2 Å². The zero-order valence-electron chi connectivity index (χ0n) is 11.8. The maximum absolute atomic E-state index is 11.5. The first-order valence-corrected chi connectivity index (χ1v) is 7.78. The molecule has 1 aliphatic rings. The summed E-state index contributed by atoms with van der Waals surface area (Å²) in [7, 11) is 1.91. The number of fused-ring (bicyclic) bond motifs is 1. The van der Waals surface area contributed by atoms with E-state index in [1.807, 2.05) is 23.6 Å². The maximum Gasteiger partial charge on any atom is 0.222 e. The number of nitrogens with one attached hydrogen (secondary N) is 1. The third-order valence-electron chi connectivity index (χ3n) is 3.60. The highest BCUT2D eigenvalue weighted by atomic mass is 32.1. The van der Waals surface area contributed by atoms with Crippen molar-refractivity contribution in [2.75, 3.05) is 25.0 Å². The van der Waals surface area contributed by atoms with Crippen molar-refractivity contribution in [2.24, 2.45) is 7.05 Å². The summed E-state index contributed by atoms with van der Waals surface area (Å²) < 4.78 is 2.96. The number of likely N-dealkylation sites (tertiary alicyclic amines) is 1. The molecule has 3 rings (SSSR count). The number of carbonyl (C=O) groups is 1. The van der Waals surface area contributed by atoms with Crippen LogP contribution in [0.3, 0.4) is 0 Å². The van der Waals surface area contributed by atoms with Crippen molar-refractivity contribution >= 4 is 32.7 Å². The fourth-order valence-electron chi connectivity index (χ4n) is 2.57. The lowest BCUT2D eigenvalue weighted by Crippen LogP contribution is -2.26. The van der Waals surface area contributed by atoms with Gasteiger partial charge in [0.05, 0.1) is 10.4 Å². The van der Waals surface area contributed by atoms with E-state index in [0.29, 0.717) is 5.91 Å². The van der Waals surface area contributed by atoms with Crippen LogP contribution in [0, 0.1) is 6.92 Å². The lowest BCUT2D eigenvalue weighted by molar-refractivity contribution is -0.127. The Morgan fingerprint density at radius 3 is 3.00 bits per heavy atom. The average Bonchev–Trinajstić information content (AvgIpc) is 3.06. The molecule has 0 atom stereocenters. The lowest BCUT2D eigenvalue weighted by Gasteiger charge is -2.14. The second kappa shape index (κ2) is 5.40. The highest BCUT2D eigenvalue weighted by Crippen LogP contribution is 2.27. The van der Waals surface area contributed by atoms with Crippen molar-refractivity contribution in [2.45, 2.75) is 26.2 Å². The second-order valence-electron chi connectivity index (χ2n) is 5.15.